The molecule has 0 amide bonds. The summed E-state index contributed by atoms with van der Waals surface area (Å²) in [5.41, 5.74) is 7.16. The van der Waals surface area contributed by atoms with Gasteiger partial charge in [-0.1, -0.05) is 6.07 Å². The van der Waals surface area contributed by atoms with Gasteiger partial charge in [0.1, 0.15) is 11.5 Å². The number of hydrogen-bond acceptors (Lipinski definition) is 4. The maximum Gasteiger partial charge on any atom is 0.137 e. The topological polar surface area (TPSA) is 72.3 Å². The summed E-state index contributed by atoms with van der Waals surface area (Å²) in [6.45, 7) is 8.44. The van der Waals surface area contributed by atoms with Crippen LogP contribution in [0.15, 0.2) is 55.4 Å². The molecule has 0 atom stereocenters. The zero-order valence-corrected chi connectivity index (χ0v) is 16.9. The van der Waals surface area contributed by atoms with E-state index in [-0.39, 0.29) is 5.54 Å². The minimum Gasteiger partial charge on any atom is -0.346 e. The van der Waals surface area contributed by atoms with Gasteiger partial charge in [-0.3, -0.25) is 0 Å². The van der Waals surface area contributed by atoms with E-state index in [1.807, 2.05) is 38.0 Å². The van der Waals surface area contributed by atoms with Gasteiger partial charge in [-0.25, -0.2) is 19.9 Å². The third kappa shape index (κ3) is 2.97. The third-order valence-corrected chi connectivity index (χ3v) is 5.23. The maximum atomic E-state index is 4.61. The van der Waals surface area contributed by atoms with E-state index in [1.54, 1.807) is 0 Å². The van der Waals surface area contributed by atoms with Crippen molar-refractivity contribution in [3.8, 4) is 22.3 Å². The lowest BCUT2D eigenvalue weighted by molar-refractivity contribution is 0.408. The highest BCUT2D eigenvalue weighted by Gasteiger charge is 2.17. The molecule has 0 saturated carbocycles. The Hall–Kier alpha value is -3.54. The molecule has 0 aliphatic heterocycles. The summed E-state index contributed by atoms with van der Waals surface area (Å²) in [7, 11) is 0. The van der Waals surface area contributed by atoms with Crippen molar-refractivity contribution in [3.05, 3.63) is 61.2 Å². The molecule has 1 aromatic carbocycles. The van der Waals surface area contributed by atoms with E-state index in [0.29, 0.717) is 0 Å². The molecule has 0 aliphatic carbocycles. The first kappa shape index (κ1) is 17.6. The fraction of sp³-hybridized carbons (Fsp3) is 0.217. The van der Waals surface area contributed by atoms with Crippen LogP contribution in [0.25, 0.3) is 44.3 Å². The Morgan fingerprint density at radius 3 is 2.38 bits per heavy atom. The molecular formula is C23H22N6. The fourth-order valence-electron chi connectivity index (χ4n) is 3.65. The quantitative estimate of drug-likeness (QED) is 0.461. The predicted molar refractivity (Wildman–Crippen MR) is 116 cm³/mol. The number of hydrogen-bond donors (Lipinski definition) is 1. The first-order chi connectivity index (χ1) is 13.9. The largest absolute Gasteiger partial charge is 0.346 e. The molecule has 1 N–H and O–H groups in total. The Morgan fingerprint density at radius 2 is 1.62 bits per heavy atom. The van der Waals surface area contributed by atoms with Crippen molar-refractivity contribution in [2.75, 3.05) is 0 Å². The van der Waals surface area contributed by atoms with Gasteiger partial charge in [0.05, 0.1) is 17.4 Å². The molecule has 4 heterocycles. The van der Waals surface area contributed by atoms with Gasteiger partial charge in [-0.2, -0.15) is 0 Å². The minimum absolute atomic E-state index is 0.0340. The normalized spacial score (nSPS) is 12.1. The molecular weight excluding hydrogens is 360 g/mol. The average molecular weight is 382 g/mol. The number of imidazole rings is 1. The van der Waals surface area contributed by atoms with E-state index in [0.717, 1.165) is 50.1 Å². The van der Waals surface area contributed by atoms with Crippen molar-refractivity contribution in [2.24, 2.45) is 0 Å². The molecule has 5 aromatic rings. The first-order valence-electron chi connectivity index (χ1n) is 9.64. The van der Waals surface area contributed by atoms with Gasteiger partial charge in [-0.05, 0) is 51.5 Å². The molecule has 144 valence electrons. The molecule has 0 saturated heterocycles. The second kappa shape index (κ2) is 6.24. The van der Waals surface area contributed by atoms with Gasteiger partial charge in [0.2, 0.25) is 0 Å². The lowest BCUT2D eigenvalue weighted by atomic mass is 10.0. The van der Waals surface area contributed by atoms with Crippen LogP contribution in [-0.2, 0) is 5.54 Å². The number of benzene rings is 1. The van der Waals surface area contributed by atoms with Crippen molar-refractivity contribution in [3.63, 3.8) is 0 Å². The molecule has 4 aromatic heterocycles. The molecule has 0 radical (unpaired) electrons. The number of aromatic nitrogens is 6. The second-order valence-corrected chi connectivity index (χ2v) is 8.33. The molecule has 29 heavy (non-hydrogen) atoms. The maximum absolute atomic E-state index is 4.61. The van der Waals surface area contributed by atoms with Crippen LogP contribution in [-0.4, -0.2) is 29.5 Å². The zero-order chi connectivity index (χ0) is 20.2. The summed E-state index contributed by atoms with van der Waals surface area (Å²) < 4.78 is 2.22. The molecule has 0 unspecified atom stereocenters. The highest BCUT2D eigenvalue weighted by Crippen LogP contribution is 2.33. The van der Waals surface area contributed by atoms with E-state index in [1.165, 1.54) is 0 Å². The van der Waals surface area contributed by atoms with Gasteiger partial charge in [-0.15, -0.1) is 0 Å². The Labute approximate surface area is 168 Å². The molecule has 0 fully saturated rings. The van der Waals surface area contributed by atoms with Crippen LogP contribution in [0.1, 0.15) is 26.6 Å². The smallest absolute Gasteiger partial charge is 0.137 e. The van der Waals surface area contributed by atoms with Gasteiger partial charge in [0.25, 0.3) is 0 Å². The number of aromatic amines is 1. The highest BCUT2D eigenvalue weighted by atomic mass is 15.1. The summed E-state index contributed by atoms with van der Waals surface area (Å²) in [6.07, 6.45) is 9.47. The van der Waals surface area contributed by atoms with Gasteiger partial charge in [0, 0.05) is 52.4 Å². The molecule has 6 nitrogen and oxygen atoms in total. The van der Waals surface area contributed by atoms with E-state index in [9.17, 15) is 0 Å². The number of fused-ring (bicyclic) bond motifs is 2. The number of pyridine rings is 1. The van der Waals surface area contributed by atoms with Gasteiger partial charge < -0.3 is 9.55 Å². The molecule has 0 bridgehead atoms. The summed E-state index contributed by atoms with van der Waals surface area (Å²) in [4.78, 5) is 21.1. The highest BCUT2D eigenvalue weighted by molar-refractivity contribution is 5.97. The van der Waals surface area contributed by atoms with E-state index >= 15 is 0 Å². The van der Waals surface area contributed by atoms with Crippen LogP contribution in [0.3, 0.4) is 0 Å². The summed E-state index contributed by atoms with van der Waals surface area (Å²) in [5, 5.41) is 1.07. The minimum atomic E-state index is -0.0340. The second-order valence-electron chi connectivity index (χ2n) is 8.33. The van der Waals surface area contributed by atoms with E-state index in [4.69, 9.17) is 0 Å². The lowest BCUT2D eigenvalue weighted by Gasteiger charge is -2.21. The van der Waals surface area contributed by atoms with Crippen molar-refractivity contribution in [1.82, 2.24) is 29.5 Å². The molecule has 0 aliphatic rings. The summed E-state index contributed by atoms with van der Waals surface area (Å²) in [5.74, 6) is 0.758. The number of aryl methyl sites for hydroxylation is 1. The number of H-pyrrole nitrogens is 1. The van der Waals surface area contributed by atoms with Crippen LogP contribution in [0.2, 0.25) is 0 Å². The van der Waals surface area contributed by atoms with Crippen molar-refractivity contribution < 1.29 is 0 Å². The Bertz CT molecular complexity index is 1340. The monoisotopic (exact) mass is 382 g/mol. The van der Waals surface area contributed by atoms with Crippen LogP contribution in [0.5, 0.6) is 0 Å². The number of nitrogens with zero attached hydrogens (tertiary/aromatic N) is 5. The van der Waals surface area contributed by atoms with Crippen LogP contribution < -0.4 is 0 Å². The van der Waals surface area contributed by atoms with Gasteiger partial charge in [0.15, 0.2) is 0 Å². The Kier molecular flexibility index (Phi) is 3.77. The SMILES string of the molecule is Cc1ncc(-c2cnc3[nH]cc(-c4ccc5ncn(C(C)(C)C)c5c4)c3c2)cn1. The molecule has 6 heteroatoms. The molecule has 0 spiro atoms. The van der Waals surface area contributed by atoms with Crippen molar-refractivity contribution in [2.45, 2.75) is 33.2 Å². The first-order valence-corrected chi connectivity index (χ1v) is 9.64. The Morgan fingerprint density at radius 1 is 0.862 bits per heavy atom. The van der Waals surface area contributed by atoms with E-state index < -0.39 is 0 Å². The van der Waals surface area contributed by atoms with Crippen molar-refractivity contribution in [1.29, 1.82) is 0 Å². The standard InChI is InChI=1S/C23H22N6/c1-14-24-10-17(11-25-14)16-7-18-19(12-27-22(18)26-9-16)15-5-6-20-21(8-15)29(13-28-20)23(2,3)4/h5-13H,1-4H3,(H,26,27). The summed E-state index contributed by atoms with van der Waals surface area (Å²) in [6, 6.07) is 8.55. The van der Waals surface area contributed by atoms with Gasteiger partial charge >= 0.3 is 0 Å². The molecule has 5 rings (SSSR count). The zero-order valence-electron chi connectivity index (χ0n) is 16.9. The predicted octanol–water partition coefficient (Wildman–Crippen LogP) is 5.10. The number of rotatable bonds is 2. The fourth-order valence-corrected chi connectivity index (χ4v) is 3.65. The van der Waals surface area contributed by atoms with Crippen molar-refractivity contribution >= 4 is 22.1 Å². The summed E-state index contributed by atoms with van der Waals surface area (Å²) >= 11 is 0. The lowest BCUT2D eigenvalue weighted by Crippen LogP contribution is -2.20. The number of nitrogens with one attached hydrogen (secondary N) is 1. The Balaban J connectivity index is 1.67. The third-order valence-electron chi connectivity index (χ3n) is 5.23. The van der Waals surface area contributed by atoms with Crippen LogP contribution >= 0.6 is 0 Å². The van der Waals surface area contributed by atoms with Crippen LogP contribution in [0, 0.1) is 6.92 Å². The van der Waals surface area contributed by atoms with Crippen LogP contribution in [0.4, 0.5) is 0 Å². The average Bonchev–Trinajstić information content (AvgIpc) is 3.31. The van der Waals surface area contributed by atoms with E-state index in [2.05, 4.69) is 74.5 Å².